The Kier molecular flexibility index (Phi) is 6.18. The Bertz CT molecular complexity index is 1130. The van der Waals surface area contributed by atoms with E-state index in [2.05, 4.69) is 123 Å². The Morgan fingerprint density at radius 1 is 0.788 bits per heavy atom. The molecule has 0 saturated heterocycles. The van der Waals surface area contributed by atoms with E-state index in [1.165, 1.54) is 31.9 Å². The second kappa shape index (κ2) is 9.11. The fourth-order valence-electron chi connectivity index (χ4n) is 5.18. The molecule has 0 aromatic heterocycles. The van der Waals surface area contributed by atoms with Gasteiger partial charge in [0.25, 0.3) is 0 Å². The predicted molar refractivity (Wildman–Crippen MR) is 145 cm³/mol. The summed E-state index contributed by atoms with van der Waals surface area (Å²) in [6.45, 7) is 4.77. The van der Waals surface area contributed by atoms with Gasteiger partial charge in [-0.05, 0) is 60.5 Å². The van der Waals surface area contributed by atoms with Gasteiger partial charge in [0.1, 0.15) is 28.8 Å². The van der Waals surface area contributed by atoms with Crippen LogP contribution in [0.15, 0.2) is 114 Å². The van der Waals surface area contributed by atoms with Crippen LogP contribution in [0.25, 0.3) is 0 Å². The highest BCUT2D eigenvalue weighted by molar-refractivity contribution is 7.99. The summed E-state index contributed by atoms with van der Waals surface area (Å²) in [4.78, 5) is 1.31. The van der Waals surface area contributed by atoms with Crippen molar-refractivity contribution in [1.29, 1.82) is 0 Å². The Hall–Kier alpha value is -2.38. The molecule has 0 amide bonds. The number of aliphatic hydroxyl groups is 1. The maximum atomic E-state index is 10.2. The van der Waals surface area contributed by atoms with Gasteiger partial charge in [-0.2, -0.15) is 0 Å². The normalized spacial score (nSPS) is 18.6. The lowest BCUT2D eigenvalue weighted by Gasteiger charge is -2.34. The summed E-state index contributed by atoms with van der Waals surface area (Å²) in [7, 11) is -2.01. The van der Waals surface area contributed by atoms with E-state index in [-0.39, 0.29) is 17.7 Å². The number of fused-ring (bicyclic) bond motifs is 1. The fourth-order valence-corrected chi connectivity index (χ4v) is 11.3. The SMILES string of the molecule is CC(c1ccc2c(c1)C(C)(CO)CS2)[P+](c1ccccc1)(c1ccccc1)c1ccccc1. The molecule has 4 aromatic carbocycles. The number of hydrogen-bond donors (Lipinski definition) is 1. The summed E-state index contributed by atoms with van der Waals surface area (Å²) in [5.41, 5.74) is 2.75. The van der Waals surface area contributed by atoms with E-state index in [1.54, 1.807) is 0 Å². The van der Waals surface area contributed by atoms with E-state index in [9.17, 15) is 5.11 Å². The molecule has 0 bridgehead atoms. The molecule has 0 spiro atoms. The van der Waals surface area contributed by atoms with Gasteiger partial charge in [0.2, 0.25) is 0 Å². The predicted octanol–water partition coefficient (Wildman–Crippen LogP) is 6.10. The van der Waals surface area contributed by atoms with Crippen molar-refractivity contribution in [2.24, 2.45) is 0 Å². The highest BCUT2D eigenvalue weighted by Gasteiger charge is 2.51. The second-order valence-electron chi connectivity index (χ2n) is 9.17. The van der Waals surface area contributed by atoms with Crippen molar-refractivity contribution in [2.75, 3.05) is 12.4 Å². The molecule has 1 aliphatic rings. The van der Waals surface area contributed by atoms with E-state index in [0.717, 1.165) is 5.75 Å². The molecule has 4 aromatic rings. The number of hydrogen-bond acceptors (Lipinski definition) is 2. The van der Waals surface area contributed by atoms with Crippen molar-refractivity contribution < 1.29 is 5.11 Å². The van der Waals surface area contributed by atoms with E-state index >= 15 is 0 Å². The van der Waals surface area contributed by atoms with E-state index < -0.39 is 7.26 Å². The van der Waals surface area contributed by atoms with Crippen LogP contribution in [0.3, 0.4) is 0 Å². The molecule has 5 rings (SSSR count). The van der Waals surface area contributed by atoms with Gasteiger partial charge < -0.3 is 5.11 Å². The van der Waals surface area contributed by atoms with Crippen LogP contribution in [-0.4, -0.2) is 17.5 Å². The van der Waals surface area contributed by atoms with Crippen molar-refractivity contribution in [3.05, 3.63) is 120 Å². The van der Waals surface area contributed by atoms with Gasteiger partial charge in [-0.1, -0.05) is 73.7 Å². The van der Waals surface area contributed by atoms with Gasteiger partial charge in [-0.15, -0.1) is 11.8 Å². The highest BCUT2D eigenvalue weighted by Crippen LogP contribution is 2.66. The molecule has 0 aliphatic carbocycles. The lowest BCUT2D eigenvalue weighted by Crippen LogP contribution is -2.34. The Morgan fingerprint density at radius 2 is 1.27 bits per heavy atom. The average molecular weight is 470 g/mol. The van der Waals surface area contributed by atoms with Gasteiger partial charge in [0.15, 0.2) is 0 Å². The van der Waals surface area contributed by atoms with Gasteiger partial charge >= 0.3 is 0 Å². The van der Waals surface area contributed by atoms with E-state index in [4.69, 9.17) is 0 Å². The maximum absolute atomic E-state index is 10.2. The summed E-state index contributed by atoms with van der Waals surface area (Å²) >= 11 is 1.87. The molecule has 2 atom stereocenters. The minimum Gasteiger partial charge on any atom is -0.395 e. The standard InChI is InChI=1S/C30H30OPS/c1-23(24-18-19-29-28(20-24)30(2,21-31)22-33-29)32(25-12-6-3-7-13-25,26-14-8-4-9-15-26)27-16-10-5-11-17-27/h3-20,23,31H,21-22H2,1-2H3/q+1. The van der Waals surface area contributed by atoms with Gasteiger partial charge in [-0.25, -0.2) is 0 Å². The zero-order valence-corrected chi connectivity index (χ0v) is 20.9. The molecule has 0 saturated carbocycles. The monoisotopic (exact) mass is 469 g/mol. The number of thioether (sulfide) groups is 1. The van der Waals surface area contributed by atoms with Crippen molar-refractivity contribution in [3.63, 3.8) is 0 Å². The first-order chi connectivity index (χ1) is 16.1. The summed E-state index contributed by atoms with van der Waals surface area (Å²) in [5.74, 6) is 0.938. The molecule has 1 N–H and O–H groups in total. The first-order valence-electron chi connectivity index (χ1n) is 11.5. The van der Waals surface area contributed by atoms with Crippen molar-refractivity contribution in [3.8, 4) is 0 Å². The van der Waals surface area contributed by atoms with Gasteiger partial charge in [0.05, 0.1) is 6.61 Å². The Labute approximate surface area is 202 Å². The zero-order chi connectivity index (χ0) is 22.9. The third-order valence-corrected chi connectivity index (χ3v) is 13.3. The van der Waals surface area contributed by atoms with Crippen molar-refractivity contribution >= 4 is 34.9 Å². The molecule has 166 valence electrons. The largest absolute Gasteiger partial charge is 0.395 e. The van der Waals surface area contributed by atoms with Crippen LogP contribution in [0.2, 0.25) is 0 Å². The smallest absolute Gasteiger partial charge is 0.119 e. The molecule has 1 nitrogen and oxygen atoms in total. The van der Waals surface area contributed by atoms with Gasteiger partial charge in [0, 0.05) is 16.1 Å². The number of aliphatic hydroxyl groups excluding tert-OH is 1. The molecule has 33 heavy (non-hydrogen) atoms. The van der Waals surface area contributed by atoms with Crippen LogP contribution in [0, 0.1) is 0 Å². The molecule has 1 aliphatic heterocycles. The maximum Gasteiger partial charge on any atom is 0.119 e. The minimum absolute atomic E-state index is 0.178. The first-order valence-corrected chi connectivity index (χ1v) is 14.4. The Morgan fingerprint density at radius 3 is 1.73 bits per heavy atom. The van der Waals surface area contributed by atoms with E-state index in [0.29, 0.717) is 0 Å². The lowest BCUT2D eigenvalue weighted by molar-refractivity contribution is 0.222. The fraction of sp³-hybridized carbons (Fsp3) is 0.200. The van der Waals surface area contributed by atoms with Crippen molar-refractivity contribution in [1.82, 2.24) is 0 Å². The first kappa shape index (κ1) is 22.4. The summed E-state index contributed by atoms with van der Waals surface area (Å²) in [6.07, 6.45) is 0. The van der Waals surface area contributed by atoms with Crippen LogP contribution in [0.5, 0.6) is 0 Å². The minimum atomic E-state index is -2.01. The molecule has 0 fully saturated rings. The number of benzene rings is 4. The van der Waals surface area contributed by atoms with Crippen LogP contribution >= 0.6 is 19.0 Å². The van der Waals surface area contributed by atoms with E-state index in [1.807, 2.05) is 11.8 Å². The topological polar surface area (TPSA) is 20.2 Å². The molecular weight excluding hydrogens is 439 g/mol. The quantitative estimate of drug-likeness (QED) is 0.345. The molecule has 0 radical (unpaired) electrons. The molecular formula is C30H30OPS+. The summed E-state index contributed by atoms with van der Waals surface area (Å²) in [6, 6.07) is 40.2. The molecule has 1 heterocycles. The van der Waals surface area contributed by atoms with Crippen LogP contribution < -0.4 is 15.9 Å². The number of rotatable bonds is 6. The van der Waals surface area contributed by atoms with Crippen LogP contribution in [-0.2, 0) is 5.41 Å². The highest BCUT2D eigenvalue weighted by atomic mass is 32.2. The van der Waals surface area contributed by atoms with Crippen molar-refractivity contribution in [2.45, 2.75) is 29.8 Å². The average Bonchev–Trinajstić information content (AvgIpc) is 3.23. The van der Waals surface area contributed by atoms with Crippen LogP contribution in [0.1, 0.15) is 30.6 Å². The lowest BCUT2D eigenvalue weighted by atomic mass is 9.84. The van der Waals surface area contributed by atoms with Crippen LogP contribution in [0.4, 0.5) is 0 Å². The zero-order valence-electron chi connectivity index (χ0n) is 19.2. The third kappa shape index (κ3) is 3.75. The summed E-state index contributed by atoms with van der Waals surface area (Å²) in [5, 5.41) is 14.4. The third-order valence-electron chi connectivity index (χ3n) is 7.10. The second-order valence-corrected chi connectivity index (χ2v) is 14.0. The molecule has 3 heteroatoms. The Balaban J connectivity index is 1.78. The molecule has 2 unspecified atom stereocenters. The summed E-state index contributed by atoms with van der Waals surface area (Å²) < 4.78 is 0. The van der Waals surface area contributed by atoms with Gasteiger partial charge in [-0.3, -0.25) is 0 Å².